The summed E-state index contributed by atoms with van der Waals surface area (Å²) in [5, 5.41) is 11.8. The Balaban J connectivity index is 2.77. The van der Waals surface area contributed by atoms with Gasteiger partial charge in [0, 0.05) is 11.5 Å². The van der Waals surface area contributed by atoms with E-state index in [1.165, 1.54) is 6.07 Å². The second-order valence-electron chi connectivity index (χ2n) is 2.72. The molecule has 4 nitrogen and oxygen atoms in total. The number of halogens is 1. The highest BCUT2D eigenvalue weighted by molar-refractivity contribution is 7.22. The van der Waals surface area contributed by atoms with Crippen molar-refractivity contribution in [1.29, 1.82) is 0 Å². The number of hydrogen-bond acceptors (Lipinski definition) is 4. The van der Waals surface area contributed by atoms with Crippen molar-refractivity contribution in [3.63, 3.8) is 0 Å². The molecule has 0 spiro atoms. The maximum Gasteiger partial charge on any atom is 0.325 e. The topological polar surface area (TPSA) is 69.2 Å². The number of hydrogen-bond donors (Lipinski definition) is 1. The zero-order valence-electron chi connectivity index (χ0n) is 6.86. The molecule has 14 heavy (non-hydrogen) atoms. The number of nitrogens with two attached hydrogens (primary N) is 1. The number of anilines is 1. The predicted octanol–water partition coefficient (Wildman–Crippen LogP) is 3.05. The minimum Gasteiger partial charge on any atom is -0.396 e. The van der Waals surface area contributed by atoms with Crippen molar-refractivity contribution in [1.82, 2.24) is 0 Å². The summed E-state index contributed by atoms with van der Waals surface area (Å²) in [5.74, 6) is 0. The Kier molecular flexibility index (Phi) is 2.05. The summed E-state index contributed by atoms with van der Waals surface area (Å²) in [6.07, 6.45) is 0. The Bertz CT molecular complexity index is 523. The molecular formula is C8H5ClN2O2S. The number of thiophene rings is 1. The van der Waals surface area contributed by atoms with E-state index < -0.39 is 4.92 Å². The summed E-state index contributed by atoms with van der Waals surface area (Å²) >= 11 is 6.83. The fourth-order valence-corrected chi connectivity index (χ4v) is 2.32. The molecule has 1 heterocycles. The lowest BCUT2D eigenvalue weighted by Gasteiger charge is -1.96. The number of nitrogens with zero attached hydrogens (tertiary/aromatic N) is 1. The average Bonchev–Trinajstić information content (AvgIpc) is 2.56. The fourth-order valence-electron chi connectivity index (χ4n) is 1.18. The van der Waals surface area contributed by atoms with Gasteiger partial charge in [0.2, 0.25) is 0 Å². The number of rotatable bonds is 1. The molecule has 2 rings (SSSR count). The molecule has 0 atom stereocenters. The molecule has 0 fully saturated rings. The quantitative estimate of drug-likeness (QED) is 0.463. The lowest BCUT2D eigenvalue weighted by molar-refractivity contribution is -0.380. The van der Waals surface area contributed by atoms with Crippen LogP contribution >= 0.6 is 22.9 Å². The lowest BCUT2D eigenvalue weighted by atomic mass is 10.2. The van der Waals surface area contributed by atoms with Gasteiger partial charge in [-0.1, -0.05) is 29.0 Å². The molecule has 0 aliphatic carbocycles. The van der Waals surface area contributed by atoms with Gasteiger partial charge in [-0.2, -0.15) is 0 Å². The molecule has 0 saturated carbocycles. The van der Waals surface area contributed by atoms with Crippen LogP contribution in [0.4, 0.5) is 10.7 Å². The Morgan fingerprint density at radius 2 is 2.21 bits per heavy atom. The molecule has 0 amide bonds. The normalized spacial score (nSPS) is 10.6. The molecule has 0 saturated heterocycles. The molecule has 72 valence electrons. The molecule has 0 bridgehead atoms. The molecule has 0 aliphatic heterocycles. The molecule has 1 aromatic carbocycles. The van der Waals surface area contributed by atoms with Crippen molar-refractivity contribution in [2.24, 2.45) is 0 Å². The second-order valence-corrected chi connectivity index (χ2v) is 4.16. The average molecular weight is 229 g/mol. The Morgan fingerprint density at radius 3 is 2.86 bits per heavy atom. The van der Waals surface area contributed by atoms with Gasteiger partial charge in [0.05, 0.1) is 20.3 Å². The van der Waals surface area contributed by atoms with E-state index >= 15 is 0 Å². The van der Waals surface area contributed by atoms with Crippen LogP contribution < -0.4 is 5.73 Å². The van der Waals surface area contributed by atoms with Crippen LogP contribution in [0.3, 0.4) is 0 Å². The van der Waals surface area contributed by atoms with Gasteiger partial charge in [-0.3, -0.25) is 10.1 Å². The van der Waals surface area contributed by atoms with Crippen molar-refractivity contribution in [3.8, 4) is 0 Å². The van der Waals surface area contributed by atoms with E-state index in [0.717, 1.165) is 16.7 Å². The maximum atomic E-state index is 10.5. The SMILES string of the molecule is Nc1c(Cl)ccc2cc([N+](=O)[O-])sc12. The Hall–Kier alpha value is -1.33. The van der Waals surface area contributed by atoms with E-state index in [0.29, 0.717) is 15.4 Å². The third-order valence-corrected chi connectivity index (χ3v) is 3.30. The van der Waals surface area contributed by atoms with Crippen LogP contribution in [0.1, 0.15) is 0 Å². The van der Waals surface area contributed by atoms with Gasteiger partial charge in [0.1, 0.15) is 0 Å². The number of fused-ring (bicyclic) bond motifs is 1. The predicted molar refractivity (Wildman–Crippen MR) is 57.9 cm³/mol. The minimum atomic E-state index is -0.433. The van der Waals surface area contributed by atoms with Gasteiger partial charge in [0.25, 0.3) is 0 Å². The van der Waals surface area contributed by atoms with Crippen molar-refractivity contribution in [2.45, 2.75) is 0 Å². The van der Waals surface area contributed by atoms with Crippen molar-refractivity contribution in [2.75, 3.05) is 5.73 Å². The van der Waals surface area contributed by atoms with E-state index in [-0.39, 0.29) is 5.00 Å². The zero-order chi connectivity index (χ0) is 10.3. The summed E-state index contributed by atoms with van der Waals surface area (Å²) in [5.41, 5.74) is 6.09. The molecule has 0 aliphatic rings. The molecule has 0 radical (unpaired) electrons. The van der Waals surface area contributed by atoms with Crippen LogP contribution in [-0.2, 0) is 0 Å². The smallest absolute Gasteiger partial charge is 0.325 e. The second kappa shape index (κ2) is 3.11. The molecule has 0 unspecified atom stereocenters. The molecule has 2 N–H and O–H groups in total. The van der Waals surface area contributed by atoms with E-state index in [2.05, 4.69) is 0 Å². The van der Waals surface area contributed by atoms with E-state index in [9.17, 15) is 10.1 Å². The maximum absolute atomic E-state index is 10.5. The van der Waals surface area contributed by atoms with Crippen LogP contribution in [0, 0.1) is 10.1 Å². The first-order valence-corrected chi connectivity index (χ1v) is 4.91. The molecule has 1 aromatic heterocycles. The largest absolute Gasteiger partial charge is 0.396 e. The summed E-state index contributed by atoms with van der Waals surface area (Å²) < 4.78 is 0.671. The highest BCUT2D eigenvalue weighted by Crippen LogP contribution is 2.38. The Labute approximate surface area is 88.0 Å². The monoisotopic (exact) mass is 228 g/mol. The van der Waals surface area contributed by atoms with Gasteiger partial charge in [-0.25, -0.2) is 0 Å². The lowest BCUT2D eigenvalue weighted by Crippen LogP contribution is -1.84. The highest BCUT2D eigenvalue weighted by Gasteiger charge is 2.13. The van der Waals surface area contributed by atoms with E-state index in [4.69, 9.17) is 17.3 Å². The van der Waals surface area contributed by atoms with E-state index in [1.54, 1.807) is 12.1 Å². The van der Waals surface area contributed by atoms with Gasteiger partial charge in [0.15, 0.2) is 0 Å². The van der Waals surface area contributed by atoms with Crippen LogP contribution in [-0.4, -0.2) is 4.92 Å². The molecular weight excluding hydrogens is 224 g/mol. The van der Waals surface area contributed by atoms with Crippen molar-refractivity contribution in [3.05, 3.63) is 33.3 Å². The molecule has 6 heteroatoms. The standard InChI is InChI=1S/C8H5ClN2O2S/c9-5-2-1-4-3-6(11(12)13)14-8(4)7(5)10/h1-3H,10H2. The highest BCUT2D eigenvalue weighted by atomic mass is 35.5. The first-order chi connectivity index (χ1) is 6.59. The summed E-state index contributed by atoms with van der Waals surface area (Å²) in [6.45, 7) is 0. The van der Waals surface area contributed by atoms with E-state index in [1.807, 2.05) is 0 Å². The van der Waals surface area contributed by atoms with Crippen LogP contribution in [0.25, 0.3) is 10.1 Å². The Morgan fingerprint density at radius 1 is 1.50 bits per heavy atom. The number of nitrogen functional groups attached to an aromatic ring is 1. The summed E-state index contributed by atoms with van der Waals surface area (Å²) in [6, 6.07) is 4.85. The van der Waals surface area contributed by atoms with Gasteiger partial charge >= 0.3 is 5.00 Å². The summed E-state index contributed by atoms with van der Waals surface area (Å²) in [7, 11) is 0. The minimum absolute atomic E-state index is 0.0777. The third kappa shape index (κ3) is 1.30. The number of nitro groups is 1. The van der Waals surface area contributed by atoms with Gasteiger partial charge in [-0.15, -0.1) is 0 Å². The zero-order valence-corrected chi connectivity index (χ0v) is 8.43. The van der Waals surface area contributed by atoms with Gasteiger partial charge < -0.3 is 5.73 Å². The van der Waals surface area contributed by atoms with Crippen LogP contribution in [0.15, 0.2) is 18.2 Å². The fraction of sp³-hybridized carbons (Fsp3) is 0. The van der Waals surface area contributed by atoms with Crippen molar-refractivity contribution >= 4 is 43.7 Å². The van der Waals surface area contributed by atoms with Crippen molar-refractivity contribution < 1.29 is 4.92 Å². The number of benzene rings is 1. The summed E-state index contributed by atoms with van der Waals surface area (Å²) in [4.78, 5) is 10.1. The van der Waals surface area contributed by atoms with Crippen LogP contribution in [0.5, 0.6) is 0 Å². The van der Waals surface area contributed by atoms with Crippen LogP contribution in [0.2, 0.25) is 5.02 Å². The first kappa shape index (κ1) is 9.23. The third-order valence-electron chi connectivity index (χ3n) is 1.84. The molecule has 2 aromatic rings. The van der Waals surface area contributed by atoms with Gasteiger partial charge in [-0.05, 0) is 6.07 Å². The first-order valence-electron chi connectivity index (χ1n) is 3.71.